The first-order valence-electron chi connectivity index (χ1n) is 6.23. The van der Waals surface area contributed by atoms with Crippen molar-refractivity contribution in [2.75, 3.05) is 13.1 Å². The van der Waals surface area contributed by atoms with Crippen LogP contribution in [0.15, 0.2) is 0 Å². The molecule has 0 radical (unpaired) electrons. The van der Waals surface area contributed by atoms with E-state index in [-0.39, 0.29) is 18.5 Å². The van der Waals surface area contributed by atoms with Crippen molar-refractivity contribution in [2.24, 2.45) is 11.3 Å². The maximum Gasteiger partial charge on any atom is 0.459 e. The molecular weight excluding hydrogens is 215 g/mol. The second-order valence-corrected chi connectivity index (χ2v) is 5.01. The van der Waals surface area contributed by atoms with Crippen LogP contribution in [-0.4, -0.2) is 24.3 Å². The first kappa shape index (κ1) is 13.8. The number of alkyl halides is 3. The van der Waals surface area contributed by atoms with Crippen molar-refractivity contribution in [1.29, 1.82) is 0 Å². The van der Waals surface area contributed by atoms with E-state index in [0.29, 0.717) is 17.2 Å². The lowest BCUT2D eigenvalue weighted by atomic mass is 9.59. The molecular formula is C12H22F3N. The monoisotopic (exact) mass is 237 g/mol. The van der Waals surface area contributed by atoms with Gasteiger partial charge in [0.2, 0.25) is 0 Å². The highest BCUT2D eigenvalue weighted by molar-refractivity contribution is 4.96. The van der Waals surface area contributed by atoms with Crippen molar-refractivity contribution in [3.8, 4) is 0 Å². The number of nitrogens with zero attached hydrogens (tertiary/aromatic N) is 1. The Labute approximate surface area is 96.0 Å². The minimum atomic E-state index is -4.12. The minimum Gasteiger partial charge on any atom is -0.214 e. The number of hydrogen-bond donors (Lipinski definition) is 0. The molecule has 1 heterocycles. The lowest BCUT2D eigenvalue weighted by Crippen LogP contribution is -2.54. The molecule has 16 heavy (non-hydrogen) atoms. The van der Waals surface area contributed by atoms with Gasteiger partial charge in [-0.15, -0.1) is 0 Å². The van der Waals surface area contributed by atoms with Gasteiger partial charge in [-0.05, 0) is 37.0 Å². The summed E-state index contributed by atoms with van der Waals surface area (Å²) in [5.41, 5.74) is 0.00713. The van der Waals surface area contributed by atoms with Gasteiger partial charge in [0, 0.05) is 13.1 Å². The van der Waals surface area contributed by atoms with E-state index < -0.39 is 6.30 Å². The number of piperidine rings is 1. The van der Waals surface area contributed by atoms with Gasteiger partial charge in [-0.25, -0.2) is 4.90 Å². The van der Waals surface area contributed by atoms with Crippen LogP contribution in [0.4, 0.5) is 13.2 Å². The summed E-state index contributed by atoms with van der Waals surface area (Å²) in [7, 11) is 0. The lowest BCUT2D eigenvalue weighted by Gasteiger charge is -2.52. The van der Waals surface area contributed by atoms with Gasteiger partial charge in [-0.1, -0.05) is 20.8 Å². The molecule has 96 valence electrons. The van der Waals surface area contributed by atoms with E-state index in [0.717, 1.165) is 19.3 Å². The van der Waals surface area contributed by atoms with Crippen LogP contribution in [0.1, 0.15) is 46.5 Å². The summed E-state index contributed by atoms with van der Waals surface area (Å²) < 4.78 is 37.4. The fourth-order valence-electron chi connectivity index (χ4n) is 3.18. The van der Waals surface area contributed by atoms with E-state index in [9.17, 15) is 13.2 Å². The normalized spacial score (nSPS) is 35.2. The summed E-state index contributed by atoms with van der Waals surface area (Å²) in [5, 5.41) is 0. The molecule has 0 unspecified atom stereocenters. The Morgan fingerprint density at radius 2 is 1.75 bits per heavy atom. The maximum atomic E-state index is 12.5. The van der Waals surface area contributed by atoms with Crippen molar-refractivity contribution < 1.29 is 13.2 Å². The highest BCUT2D eigenvalue weighted by atomic mass is 19.4. The molecule has 0 amide bonds. The summed E-state index contributed by atoms with van der Waals surface area (Å²) in [5.74, 6) is 0.628. The third kappa shape index (κ3) is 2.90. The quantitative estimate of drug-likeness (QED) is 0.575. The van der Waals surface area contributed by atoms with Crippen LogP contribution in [0, 0.1) is 11.3 Å². The van der Waals surface area contributed by atoms with Crippen LogP contribution in [0.3, 0.4) is 0 Å². The predicted molar refractivity (Wildman–Crippen MR) is 59.0 cm³/mol. The van der Waals surface area contributed by atoms with E-state index >= 15 is 0 Å². The Kier molecular flexibility index (Phi) is 4.27. The fraction of sp³-hybridized carbons (Fsp3) is 1.00. The van der Waals surface area contributed by atoms with E-state index in [4.69, 9.17) is 0 Å². The summed E-state index contributed by atoms with van der Waals surface area (Å²) in [6.07, 6.45) is -0.457. The van der Waals surface area contributed by atoms with E-state index in [2.05, 4.69) is 6.92 Å². The predicted octanol–water partition coefficient (Wildman–Crippen LogP) is 4.04. The summed E-state index contributed by atoms with van der Waals surface area (Å²) in [6.45, 7) is 6.55. The molecule has 0 aromatic carbocycles. The molecule has 0 N–H and O–H groups in total. The zero-order valence-electron chi connectivity index (χ0n) is 10.4. The molecule has 1 nitrogen and oxygen atoms in total. The molecule has 1 saturated heterocycles. The number of rotatable bonds is 0. The molecule has 1 aliphatic heterocycles. The van der Waals surface area contributed by atoms with Crippen LogP contribution < -0.4 is 0 Å². The first-order chi connectivity index (χ1) is 7.41. The fourth-order valence-corrected chi connectivity index (χ4v) is 3.18. The van der Waals surface area contributed by atoms with Gasteiger partial charge in [-0.2, -0.15) is 13.2 Å². The summed E-state index contributed by atoms with van der Waals surface area (Å²) in [4.78, 5) is 0.697. The van der Waals surface area contributed by atoms with Gasteiger partial charge in [-0.3, -0.25) is 0 Å². The molecule has 0 bridgehead atoms. The Morgan fingerprint density at radius 1 is 1.19 bits per heavy atom. The highest BCUT2D eigenvalue weighted by Crippen LogP contribution is 2.52. The highest BCUT2D eigenvalue weighted by Gasteiger charge is 2.50. The maximum absolute atomic E-state index is 12.5. The molecule has 4 heteroatoms. The van der Waals surface area contributed by atoms with Gasteiger partial charge >= 0.3 is 6.30 Å². The molecule has 2 rings (SSSR count). The van der Waals surface area contributed by atoms with Crippen molar-refractivity contribution >= 4 is 0 Å². The average molecular weight is 237 g/mol. The van der Waals surface area contributed by atoms with Gasteiger partial charge < -0.3 is 0 Å². The number of halogens is 3. The third-order valence-corrected chi connectivity index (χ3v) is 3.58. The van der Waals surface area contributed by atoms with E-state index in [1.807, 2.05) is 13.8 Å². The van der Waals surface area contributed by atoms with Crippen molar-refractivity contribution in [3.05, 3.63) is 0 Å². The average Bonchev–Trinajstić information content (AvgIpc) is 2.18. The molecule has 0 aromatic rings. The van der Waals surface area contributed by atoms with E-state index in [1.54, 1.807) is 0 Å². The SMILES string of the molecule is CC.CC1CC2(CCCN(C(F)(F)F)C2)C1. The molecule has 1 aliphatic carbocycles. The number of hydrogen-bond acceptors (Lipinski definition) is 1. The summed E-state index contributed by atoms with van der Waals surface area (Å²) in [6, 6.07) is 0. The van der Waals surface area contributed by atoms with Gasteiger partial charge in [0.25, 0.3) is 0 Å². The lowest BCUT2D eigenvalue weighted by molar-refractivity contribution is -0.266. The van der Waals surface area contributed by atoms with Crippen molar-refractivity contribution in [1.82, 2.24) is 4.90 Å². The van der Waals surface area contributed by atoms with Crippen LogP contribution in [0.2, 0.25) is 0 Å². The van der Waals surface area contributed by atoms with Crippen LogP contribution in [-0.2, 0) is 0 Å². The zero-order valence-corrected chi connectivity index (χ0v) is 10.4. The van der Waals surface area contributed by atoms with Gasteiger partial charge in [0.05, 0.1) is 0 Å². The Bertz CT molecular complexity index is 213. The molecule has 0 atom stereocenters. The molecule has 1 saturated carbocycles. The Hall–Kier alpha value is -0.250. The summed E-state index contributed by atoms with van der Waals surface area (Å²) >= 11 is 0. The second-order valence-electron chi connectivity index (χ2n) is 5.01. The molecule has 0 aromatic heterocycles. The first-order valence-corrected chi connectivity index (χ1v) is 6.23. The van der Waals surface area contributed by atoms with E-state index in [1.165, 1.54) is 0 Å². The largest absolute Gasteiger partial charge is 0.459 e. The molecule has 2 aliphatic rings. The van der Waals surface area contributed by atoms with Gasteiger partial charge in [0.1, 0.15) is 0 Å². The topological polar surface area (TPSA) is 3.24 Å². The Morgan fingerprint density at radius 3 is 2.19 bits per heavy atom. The third-order valence-electron chi connectivity index (χ3n) is 3.58. The van der Waals surface area contributed by atoms with Gasteiger partial charge in [0.15, 0.2) is 0 Å². The smallest absolute Gasteiger partial charge is 0.214 e. The second kappa shape index (κ2) is 4.94. The standard InChI is InChI=1S/C10H16F3N.C2H6/c1-8-5-9(6-8)3-2-4-14(7-9)10(11,12)13;1-2/h8H,2-7H2,1H3;1-2H3. The van der Waals surface area contributed by atoms with Crippen LogP contribution >= 0.6 is 0 Å². The Balaban J connectivity index is 0.000000606. The number of likely N-dealkylation sites (tertiary alicyclic amines) is 1. The molecule has 1 spiro atoms. The zero-order chi connectivity index (χ0) is 12.4. The van der Waals surface area contributed by atoms with Crippen molar-refractivity contribution in [2.45, 2.75) is 52.8 Å². The van der Waals surface area contributed by atoms with Crippen LogP contribution in [0.5, 0.6) is 0 Å². The minimum absolute atomic E-state index is 0.00713. The van der Waals surface area contributed by atoms with Crippen molar-refractivity contribution in [3.63, 3.8) is 0 Å². The molecule has 2 fully saturated rings. The van der Waals surface area contributed by atoms with Crippen LogP contribution in [0.25, 0.3) is 0 Å².